The van der Waals surface area contributed by atoms with E-state index >= 15 is 0 Å². The molecule has 0 fully saturated rings. The number of hydrogen-bond acceptors (Lipinski definition) is 6. The zero-order valence-electron chi connectivity index (χ0n) is 14.5. The van der Waals surface area contributed by atoms with Crippen LogP contribution in [0.5, 0.6) is 6.08 Å². The molecule has 140 valence electrons. The molecular weight excluding hydrogens is 419 g/mol. The fourth-order valence-corrected chi connectivity index (χ4v) is 3.54. The predicted octanol–water partition coefficient (Wildman–Crippen LogP) is 2.89. The van der Waals surface area contributed by atoms with Gasteiger partial charge in [0, 0.05) is 36.2 Å². The van der Waals surface area contributed by atoms with Crippen LogP contribution in [0.1, 0.15) is 16.8 Å². The highest BCUT2D eigenvalue weighted by atomic mass is 79.9. The summed E-state index contributed by atoms with van der Waals surface area (Å²) in [5.74, 6) is -0.150. The Morgan fingerprint density at radius 3 is 3.00 bits per heavy atom. The number of hydrogen-bond donors (Lipinski definition) is 1. The molecule has 0 radical (unpaired) electrons. The number of pyridine rings is 1. The molecule has 4 rings (SSSR count). The van der Waals surface area contributed by atoms with Gasteiger partial charge in [0.2, 0.25) is 0 Å². The van der Waals surface area contributed by atoms with Crippen molar-refractivity contribution in [3.8, 4) is 17.5 Å². The lowest BCUT2D eigenvalue weighted by molar-refractivity contribution is 0.242. The smallest absolute Gasteiger partial charge is 0.414 e. The highest BCUT2D eigenvalue weighted by Crippen LogP contribution is 2.25. The number of nitrogens with zero attached hydrogens (tertiary/aromatic N) is 3. The first-order valence-corrected chi connectivity index (χ1v) is 9.12. The van der Waals surface area contributed by atoms with Crippen molar-refractivity contribution in [2.75, 3.05) is 13.7 Å². The molecule has 0 saturated heterocycles. The van der Waals surface area contributed by atoms with Gasteiger partial charge in [-0.25, -0.2) is 4.39 Å². The summed E-state index contributed by atoms with van der Waals surface area (Å²) in [6.45, 7) is 1.98. The summed E-state index contributed by atoms with van der Waals surface area (Å²) in [4.78, 5) is 17.5. The van der Waals surface area contributed by atoms with E-state index < -0.39 is 0 Å². The van der Waals surface area contributed by atoms with Crippen LogP contribution in [-0.2, 0) is 19.5 Å². The Balaban J connectivity index is 1.61. The molecule has 0 aliphatic carbocycles. The topological polar surface area (TPSA) is 84.2 Å². The molecule has 1 aliphatic heterocycles. The fourth-order valence-electron chi connectivity index (χ4n) is 3.17. The molecule has 0 bridgehead atoms. The van der Waals surface area contributed by atoms with Crippen LogP contribution < -0.4 is 10.3 Å². The number of rotatable bonds is 4. The lowest BCUT2D eigenvalue weighted by Gasteiger charge is -2.29. The summed E-state index contributed by atoms with van der Waals surface area (Å²) in [6, 6.07) is 6.44. The van der Waals surface area contributed by atoms with Crippen molar-refractivity contribution < 1.29 is 13.5 Å². The van der Waals surface area contributed by atoms with Crippen molar-refractivity contribution >= 4 is 15.9 Å². The Morgan fingerprint density at radius 1 is 1.37 bits per heavy atom. The first-order chi connectivity index (χ1) is 13.0. The van der Waals surface area contributed by atoms with Crippen molar-refractivity contribution in [2.45, 2.75) is 19.5 Å². The van der Waals surface area contributed by atoms with Crippen LogP contribution in [0.3, 0.4) is 0 Å². The molecule has 0 atom stereocenters. The van der Waals surface area contributed by atoms with Gasteiger partial charge in [0.15, 0.2) is 0 Å². The summed E-state index contributed by atoms with van der Waals surface area (Å²) in [5, 5.41) is 7.56. The van der Waals surface area contributed by atoms with Crippen LogP contribution in [0, 0.1) is 5.82 Å². The number of ether oxygens (including phenoxy) is 1. The van der Waals surface area contributed by atoms with Gasteiger partial charge in [0.25, 0.3) is 11.4 Å². The summed E-state index contributed by atoms with van der Waals surface area (Å²) in [5.41, 5.74) is 2.77. The number of H-pyrrole nitrogens is 1. The largest absolute Gasteiger partial charge is 0.452 e. The van der Waals surface area contributed by atoms with E-state index in [1.165, 1.54) is 19.2 Å². The Bertz CT molecular complexity index is 1050. The van der Waals surface area contributed by atoms with Gasteiger partial charge in [-0.05, 0) is 35.4 Å². The molecular formula is C18H16BrFN4O3. The number of aromatic nitrogens is 3. The molecule has 2 aromatic heterocycles. The minimum atomic E-state index is -0.277. The first-order valence-electron chi connectivity index (χ1n) is 8.32. The minimum Gasteiger partial charge on any atom is -0.452 e. The standard InChI is InChI=1S/C18H16BrFN4O3/c1-26-18-23-22-17(27-18)13-7-11-9-24(5-4-15(11)21-16(13)25)8-10-6-12(20)2-3-14(10)19/h2-3,6-7H,4-5,8-9H2,1H3,(H,21,25). The zero-order valence-corrected chi connectivity index (χ0v) is 16.0. The maximum absolute atomic E-state index is 13.5. The average molecular weight is 435 g/mol. The van der Waals surface area contributed by atoms with E-state index in [-0.39, 0.29) is 23.3 Å². The first kappa shape index (κ1) is 17.9. The molecule has 0 saturated carbocycles. The summed E-state index contributed by atoms with van der Waals surface area (Å²) in [6.07, 6.45) is 0.699. The van der Waals surface area contributed by atoms with E-state index in [9.17, 15) is 9.18 Å². The van der Waals surface area contributed by atoms with Crippen LogP contribution in [0.15, 0.2) is 37.9 Å². The Hall–Kier alpha value is -2.52. The number of nitrogens with one attached hydrogen (secondary N) is 1. The predicted molar refractivity (Wildman–Crippen MR) is 98.8 cm³/mol. The number of halogens is 2. The van der Waals surface area contributed by atoms with Gasteiger partial charge in [0.1, 0.15) is 11.4 Å². The van der Waals surface area contributed by atoms with Gasteiger partial charge in [-0.2, -0.15) is 0 Å². The number of methoxy groups -OCH3 is 1. The molecule has 1 aromatic carbocycles. The number of aromatic amines is 1. The van der Waals surface area contributed by atoms with Gasteiger partial charge in [0.05, 0.1) is 7.11 Å². The number of benzene rings is 1. The second-order valence-electron chi connectivity index (χ2n) is 6.29. The van der Waals surface area contributed by atoms with Gasteiger partial charge < -0.3 is 14.1 Å². The second-order valence-corrected chi connectivity index (χ2v) is 7.14. The summed E-state index contributed by atoms with van der Waals surface area (Å²) >= 11 is 3.47. The highest BCUT2D eigenvalue weighted by Gasteiger charge is 2.22. The van der Waals surface area contributed by atoms with E-state index in [1.54, 1.807) is 12.1 Å². The third-order valence-electron chi connectivity index (χ3n) is 4.50. The zero-order chi connectivity index (χ0) is 19.0. The average Bonchev–Trinajstić information content (AvgIpc) is 3.13. The molecule has 3 aromatic rings. The van der Waals surface area contributed by atoms with E-state index in [1.807, 2.05) is 0 Å². The SMILES string of the molecule is COc1nnc(-c2cc3c([nH]c2=O)CCN(Cc2cc(F)ccc2Br)C3)o1. The van der Waals surface area contributed by atoms with Crippen molar-refractivity contribution in [3.63, 3.8) is 0 Å². The monoisotopic (exact) mass is 434 g/mol. The maximum atomic E-state index is 13.5. The normalized spacial score (nSPS) is 14.2. The summed E-state index contributed by atoms with van der Waals surface area (Å²) < 4.78 is 24.6. The van der Waals surface area contributed by atoms with Crippen LogP contribution in [0.25, 0.3) is 11.5 Å². The van der Waals surface area contributed by atoms with Gasteiger partial charge in [-0.15, -0.1) is 5.10 Å². The van der Waals surface area contributed by atoms with Gasteiger partial charge in [-0.3, -0.25) is 9.69 Å². The molecule has 1 aliphatic rings. The van der Waals surface area contributed by atoms with E-state index in [4.69, 9.17) is 9.15 Å². The highest BCUT2D eigenvalue weighted by molar-refractivity contribution is 9.10. The van der Waals surface area contributed by atoms with Gasteiger partial charge >= 0.3 is 6.08 Å². The van der Waals surface area contributed by atoms with Crippen molar-refractivity contribution in [2.24, 2.45) is 0 Å². The van der Waals surface area contributed by atoms with Crippen LogP contribution in [0.4, 0.5) is 4.39 Å². The molecule has 0 amide bonds. The maximum Gasteiger partial charge on any atom is 0.414 e. The van der Waals surface area contributed by atoms with Crippen molar-refractivity contribution in [1.29, 1.82) is 0 Å². The van der Waals surface area contributed by atoms with E-state index in [2.05, 4.69) is 36.0 Å². The molecule has 27 heavy (non-hydrogen) atoms. The van der Waals surface area contributed by atoms with Crippen LogP contribution in [-0.4, -0.2) is 33.7 Å². The molecule has 1 N–H and O–H groups in total. The lowest BCUT2D eigenvalue weighted by atomic mass is 10.0. The van der Waals surface area contributed by atoms with E-state index in [0.717, 1.165) is 27.8 Å². The Kier molecular flexibility index (Phi) is 4.79. The summed E-state index contributed by atoms with van der Waals surface area (Å²) in [7, 11) is 1.41. The molecule has 0 spiro atoms. The Morgan fingerprint density at radius 2 is 2.22 bits per heavy atom. The molecule has 0 unspecified atom stereocenters. The van der Waals surface area contributed by atoms with Crippen LogP contribution >= 0.6 is 15.9 Å². The third-order valence-corrected chi connectivity index (χ3v) is 5.27. The molecule has 3 heterocycles. The Labute approximate surface area is 162 Å². The fraction of sp³-hybridized carbons (Fsp3) is 0.278. The third kappa shape index (κ3) is 3.65. The number of fused-ring (bicyclic) bond motifs is 1. The quantitative estimate of drug-likeness (QED) is 0.679. The van der Waals surface area contributed by atoms with Crippen molar-refractivity contribution in [3.05, 3.63) is 61.7 Å². The minimum absolute atomic E-state index is 0.000276. The molecule has 7 nitrogen and oxygen atoms in total. The lowest BCUT2D eigenvalue weighted by Crippen LogP contribution is -2.32. The van der Waals surface area contributed by atoms with Crippen molar-refractivity contribution in [1.82, 2.24) is 20.1 Å². The molecule has 9 heteroatoms. The van der Waals surface area contributed by atoms with Gasteiger partial charge in [-0.1, -0.05) is 21.0 Å². The van der Waals surface area contributed by atoms with E-state index in [0.29, 0.717) is 25.1 Å². The van der Waals surface area contributed by atoms with Crippen LogP contribution in [0.2, 0.25) is 0 Å². The second kappa shape index (κ2) is 7.24.